The van der Waals surface area contributed by atoms with E-state index >= 15 is 0 Å². The molecule has 106 valence electrons. The summed E-state index contributed by atoms with van der Waals surface area (Å²) < 4.78 is 0. The maximum absolute atomic E-state index is 9.38. The summed E-state index contributed by atoms with van der Waals surface area (Å²) in [5.41, 5.74) is 7.15. The summed E-state index contributed by atoms with van der Waals surface area (Å²) in [6.07, 6.45) is 2.39. The highest BCUT2D eigenvalue weighted by molar-refractivity contribution is 5.28. The number of nitrogens with zero attached hydrogens (tertiary/aromatic N) is 2. The lowest BCUT2D eigenvalue weighted by Crippen LogP contribution is -2.45. The van der Waals surface area contributed by atoms with E-state index in [4.69, 9.17) is 5.73 Å². The van der Waals surface area contributed by atoms with Crippen molar-refractivity contribution in [3.63, 3.8) is 0 Å². The molecular weight excluding hydrogens is 238 g/mol. The first kappa shape index (κ1) is 14.3. The van der Waals surface area contributed by atoms with Gasteiger partial charge in [-0.25, -0.2) is 0 Å². The Morgan fingerprint density at radius 1 is 1.32 bits per heavy atom. The van der Waals surface area contributed by atoms with Crippen molar-refractivity contribution in [3.05, 3.63) is 29.8 Å². The van der Waals surface area contributed by atoms with Gasteiger partial charge < -0.3 is 15.7 Å². The number of hydrogen-bond donors (Lipinski definition) is 2. The van der Waals surface area contributed by atoms with Crippen molar-refractivity contribution < 1.29 is 5.11 Å². The second kappa shape index (κ2) is 6.37. The number of benzene rings is 1. The standard InChI is InChI=1S/C15H25N3O/c1-17-9-7-13(8-10-17)18(2)15(11-16)12-3-5-14(19)6-4-12/h3-6,13,15,19H,7-11,16H2,1-2H3. The molecule has 1 aromatic rings. The van der Waals surface area contributed by atoms with Crippen molar-refractivity contribution in [2.75, 3.05) is 33.7 Å². The summed E-state index contributed by atoms with van der Waals surface area (Å²) in [6.45, 7) is 2.91. The van der Waals surface area contributed by atoms with Crippen LogP contribution in [0, 0.1) is 0 Å². The smallest absolute Gasteiger partial charge is 0.115 e. The van der Waals surface area contributed by atoms with Crippen LogP contribution in [0.5, 0.6) is 5.75 Å². The van der Waals surface area contributed by atoms with Gasteiger partial charge in [-0.3, -0.25) is 4.90 Å². The van der Waals surface area contributed by atoms with Crippen LogP contribution in [0.25, 0.3) is 0 Å². The first-order valence-electron chi connectivity index (χ1n) is 7.01. The van der Waals surface area contributed by atoms with Crippen LogP contribution in [-0.4, -0.2) is 54.7 Å². The summed E-state index contributed by atoms with van der Waals surface area (Å²) in [6, 6.07) is 8.24. The van der Waals surface area contributed by atoms with Gasteiger partial charge in [0.2, 0.25) is 0 Å². The third-order valence-electron chi connectivity index (χ3n) is 4.26. The van der Waals surface area contributed by atoms with Crippen LogP contribution in [0.2, 0.25) is 0 Å². The van der Waals surface area contributed by atoms with E-state index in [0.717, 1.165) is 13.1 Å². The van der Waals surface area contributed by atoms with Crippen LogP contribution in [0.15, 0.2) is 24.3 Å². The van der Waals surface area contributed by atoms with Crippen molar-refractivity contribution in [1.82, 2.24) is 9.80 Å². The Hall–Kier alpha value is -1.10. The van der Waals surface area contributed by atoms with Crippen LogP contribution in [0.3, 0.4) is 0 Å². The van der Waals surface area contributed by atoms with Crippen molar-refractivity contribution in [2.24, 2.45) is 5.73 Å². The maximum atomic E-state index is 9.38. The molecule has 19 heavy (non-hydrogen) atoms. The topological polar surface area (TPSA) is 52.7 Å². The normalized spacial score (nSPS) is 19.8. The molecule has 1 unspecified atom stereocenters. The van der Waals surface area contributed by atoms with Gasteiger partial charge in [-0.15, -0.1) is 0 Å². The Bertz CT molecular complexity index is 385. The van der Waals surface area contributed by atoms with Crippen molar-refractivity contribution in [1.29, 1.82) is 0 Å². The minimum absolute atomic E-state index is 0.231. The van der Waals surface area contributed by atoms with Gasteiger partial charge in [0.25, 0.3) is 0 Å². The maximum Gasteiger partial charge on any atom is 0.115 e. The lowest BCUT2D eigenvalue weighted by atomic mass is 9.98. The molecule has 4 nitrogen and oxygen atoms in total. The van der Waals surface area contributed by atoms with E-state index in [2.05, 4.69) is 23.9 Å². The Labute approximate surface area is 115 Å². The molecule has 0 saturated carbocycles. The molecule has 0 amide bonds. The zero-order valence-electron chi connectivity index (χ0n) is 11.9. The molecule has 1 aromatic carbocycles. The zero-order valence-corrected chi connectivity index (χ0v) is 11.9. The Morgan fingerprint density at radius 2 is 1.89 bits per heavy atom. The third-order valence-corrected chi connectivity index (χ3v) is 4.26. The molecule has 1 heterocycles. The number of phenols is 1. The summed E-state index contributed by atoms with van der Waals surface area (Å²) in [5.74, 6) is 0.307. The number of aromatic hydroxyl groups is 1. The van der Waals surface area contributed by atoms with Crippen molar-refractivity contribution in [3.8, 4) is 5.75 Å². The van der Waals surface area contributed by atoms with E-state index in [1.807, 2.05) is 12.1 Å². The summed E-state index contributed by atoms with van der Waals surface area (Å²) in [4.78, 5) is 4.78. The molecular formula is C15H25N3O. The fraction of sp³-hybridized carbons (Fsp3) is 0.600. The van der Waals surface area contributed by atoms with Gasteiger partial charge in [-0.2, -0.15) is 0 Å². The Balaban J connectivity index is 2.06. The van der Waals surface area contributed by atoms with Crippen LogP contribution in [0.1, 0.15) is 24.4 Å². The molecule has 1 aliphatic rings. The van der Waals surface area contributed by atoms with Gasteiger partial charge in [-0.1, -0.05) is 12.1 Å². The molecule has 2 rings (SSSR count). The number of rotatable bonds is 4. The van der Waals surface area contributed by atoms with E-state index in [1.165, 1.54) is 18.4 Å². The van der Waals surface area contributed by atoms with Gasteiger partial charge in [0.1, 0.15) is 5.75 Å². The van der Waals surface area contributed by atoms with Crippen LogP contribution < -0.4 is 5.73 Å². The molecule has 3 N–H and O–H groups in total. The molecule has 1 fully saturated rings. The molecule has 0 spiro atoms. The lowest BCUT2D eigenvalue weighted by molar-refractivity contribution is 0.109. The molecule has 0 aliphatic carbocycles. The van der Waals surface area contributed by atoms with Gasteiger partial charge in [0.15, 0.2) is 0 Å². The lowest BCUT2D eigenvalue weighted by Gasteiger charge is -2.39. The van der Waals surface area contributed by atoms with Gasteiger partial charge in [0, 0.05) is 18.6 Å². The SMILES string of the molecule is CN1CCC(N(C)C(CN)c2ccc(O)cc2)CC1. The number of likely N-dealkylation sites (N-methyl/N-ethyl adjacent to an activating group) is 1. The highest BCUT2D eigenvalue weighted by Crippen LogP contribution is 2.26. The number of piperidine rings is 1. The van der Waals surface area contributed by atoms with E-state index in [-0.39, 0.29) is 6.04 Å². The van der Waals surface area contributed by atoms with Gasteiger partial charge >= 0.3 is 0 Å². The summed E-state index contributed by atoms with van der Waals surface area (Å²) in [7, 11) is 4.34. The minimum Gasteiger partial charge on any atom is -0.508 e. The average Bonchev–Trinajstić information content (AvgIpc) is 2.42. The predicted molar refractivity (Wildman–Crippen MR) is 78.2 cm³/mol. The predicted octanol–water partition coefficient (Wildman–Crippen LogP) is 1.42. The van der Waals surface area contributed by atoms with Gasteiger partial charge in [0.05, 0.1) is 0 Å². The van der Waals surface area contributed by atoms with Crippen LogP contribution in [-0.2, 0) is 0 Å². The summed E-state index contributed by atoms with van der Waals surface area (Å²) in [5, 5.41) is 9.38. The number of nitrogens with two attached hydrogens (primary N) is 1. The van der Waals surface area contributed by atoms with E-state index in [9.17, 15) is 5.11 Å². The zero-order chi connectivity index (χ0) is 13.8. The summed E-state index contributed by atoms with van der Waals surface area (Å²) >= 11 is 0. The number of likely N-dealkylation sites (tertiary alicyclic amines) is 1. The average molecular weight is 263 g/mol. The quantitative estimate of drug-likeness (QED) is 0.862. The molecule has 1 aliphatic heterocycles. The van der Waals surface area contributed by atoms with E-state index in [1.54, 1.807) is 12.1 Å². The second-order valence-corrected chi connectivity index (χ2v) is 5.54. The monoisotopic (exact) mass is 263 g/mol. The van der Waals surface area contributed by atoms with E-state index in [0.29, 0.717) is 18.3 Å². The first-order chi connectivity index (χ1) is 9.11. The molecule has 4 heteroatoms. The largest absolute Gasteiger partial charge is 0.508 e. The number of phenolic OH excluding ortho intramolecular Hbond substituents is 1. The molecule has 0 aromatic heterocycles. The minimum atomic E-state index is 0.231. The fourth-order valence-electron chi connectivity index (χ4n) is 2.89. The molecule has 0 radical (unpaired) electrons. The first-order valence-corrected chi connectivity index (χ1v) is 7.01. The van der Waals surface area contributed by atoms with Crippen molar-refractivity contribution >= 4 is 0 Å². The Kier molecular flexibility index (Phi) is 4.80. The molecule has 1 saturated heterocycles. The van der Waals surface area contributed by atoms with Gasteiger partial charge in [-0.05, 0) is 57.7 Å². The number of hydrogen-bond acceptors (Lipinski definition) is 4. The fourth-order valence-corrected chi connectivity index (χ4v) is 2.89. The Morgan fingerprint density at radius 3 is 2.42 bits per heavy atom. The third kappa shape index (κ3) is 3.47. The molecule has 0 bridgehead atoms. The van der Waals surface area contributed by atoms with Crippen LogP contribution >= 0.6 is 0 Å². The second-order valence-electron chi connectivity index (χ2n) is 5.54. The van der Waals surface area contributed by atoms with E-state index < -0.39 is 0 Å². The molecule has 1 atom stereocenters. The van der Waals surface area contributed by atoms with Crippen molar-refractivity contribution in [2.45, 2.75) is 24.9 Å². The van der Waals surface area contributed by atoms with Crippen LogP contribution in [0.4, 0.5) is 0 Å². The highest BCUT2D eigenvalue weighted by atomic mass is 16.3. The highest BCUT2D eigenvalue weighted by Gasteiger charge is 2.26.